The number of methoxy groups -OCH3 is 1. The van der Waals surface area contributed by atoms with Crippen molar-refractivity contribution in [3.8, 4) is 11.6 Å². The topological polar surface area (TPSA) is 57.0 Å². The minimum absolute atomic E-state index is 0.321. The highest BCUT2D eigenvalue weighted by Gasteiger charge is 2.26. The van der Waals surface area contributed by atoms with E-state index in [9.17, 15) is 4.79 Å². The van der Waals surface area contributed by atoms with Crippen molar-refractivity contribution in [3.05, 3.63) is 58.6 Å². The fourth-order valence-corrected chi connectivity index (χ4v) is 2.66. The van der Waals surface area contributed by atoms with Crippen LogP contribution < -0.4 is 10.4 Å². The summed E-state index contributed by atoms with van der Waals surface area (Å²) in [5.74, 6) is 0.838. The van der Waals surface area contributed by atoms with Crippen molar-refractivity contribution in [2.45, 2.75) is 18.8 Å². The van der Waals surface area contributed by atoms with E-state index in [0.717, 1.165) is 29.6 Å². The Morgan fingerprint density at radius 2 is 1.86 bits per heavy atom. The second-order valence-electron chi connectivity index (χ2n) is 5.46. The van der Waals surface area contributed by atoms with E-state index in [1.54, 1.807) is 4.57 Å². The molecule has 110 valence electrons. The highest BCUT2D eigenvalue weighted by molar-refractivity contribution is 5.82. The van der Waals surface area contributed by atoms with Crippen molar-refractivity contribution in [1.29, 1.82) is 0 Å². The van der Waals surface area contributed by atoms with Crippen LogP contribution in [0, 0.1) is 0 Å². The van der Waals surface area contributed by atoms with Crippen molar-refractivity contribution in [1.82, 2.24) is 14.5 Å². The van der Waals surface area contributed by atoms with Crippen LogP contribution in [0.4, 0.5) is 0 Å². The van der Waals surface area contributed by atoms with Crippen LogP contribution in [0.15, 0.2) is 47.3 Å². The Kier molecular flexibility index (Phi) is 2.92. The first-order valence-corrected chi connectivity index (χ1v) is 7.31. The lowest BCUT2D eigenvalue weighted by atomic mass is 10.2. The summed E-state index contributed by atoms with van der Waals surface area (Å²) in [6.45, 7) is 0. The van der Waals surface area contributed by atoms with Crippen LogP contribution in [-0.4, -0.2) is 21.6 Å². The Balaban J connectivity index is 2.07. The monoisotopic (exact) mass is 293 g/mol. The molecule has 0 radical (unpaired) electrons. The molecule has 1 aromatic carbocycles. The van der Waals surface area contributed by atoms with Gasteiger partial charge in [0.2, 0.25) is 5.88 Å². The van der Waals surface area contributed by atoms with Gasteiger partial charge in [-0.15, -0.1) is 0 Å². The normalized spacial score (nSPS) is 14.2. The number of nitrogens with zero attached hydrogens (tertiary/aromatic N) is 3. The van der Waals surface area contributed by atoms with Gasteiger partial charge in [0.1, 0.15) is 0 Å². The minimum Gasteiger partial charge on any atom is -0.480 e. The van der Waals surface area contributed by atoms with Gasteiger partial charge in [-0.3, -0.25) is 0 Å². The average molecular weight is 293 g/mol. The molecule has 0 atom stereocenters. The lowest BCUT2D eigenvalue weighted by molar-refractivity contribution is 0.400. The third-order valence-electron chi connectivity index (χ3n) is 3.93. The molecule has 0 saturated heterocycles. The van der Waals surface area contributed by atoms with Crippen LogP contribution in [0.3, 0.4) is 0 Å². The maximum Gasteiger partial charge on any atom is 0.357 e. The number of ether oxygens (including phenoxy) is 1. The maximum absolute atomic E-state index is 12.4. The van der Waals surface area contributed by atoms with Gasteiger partial charge in [0, 0.05) is 11.6 Å². The number of hydrogen-bond acceptors (Lipinski definition) is 4. The molecule has 4 rings (SSSR count). The second-order valence-corrected chi connectivity index (χ2v) is 5.46. The molecule has 0 unspecified atom stereocenters. The van der Waals surface area contributed by atoms with Gasteiger partial charge >= 0.3 is 5.69 Å². The summed E-state index contributed by atoms with van der Waals surface area (Å²) in [7, 11) is 1.52. The predicted molar refractivity (Wildman–Crippen MR) is 83.7 cm³/mol. The summed E-state index contributed by atoms with van der Waals surface area (Å²) >= 11 is 0. The molecule has 1 aliphatic rings. The SMILES string of the molecule is COc1nc(=O)n(-c2ccccc2)c2nc(C3CC3)ccc12. The molecule has 5 heteroatoms. The quantitative estimate of drug-likeness (QED) is 0.745. The number of aromatic nitrogens is 3. The van der Waals surface area contributed by atoms with Gasteiger partial charge in [0.15, 0.2) is 5.65 Å². The first-order chi connectivity index (χ1) is 10.8. The number of benzene rings is 1. The van der Waals surface area contributed by atoms with E-state index in [1.165, 1.54) is 7.11 Å². The molecule has 3 aromatic rings. The van der Waals surface area contributed by atoms with E-state index < -0.39 is 0 Å². The molecule has 1 aliphatic carbocycles. The van der Waals surface area contributed by atoms with Gasteiger partial charge in [-0.25, -0.2) is 14.3 Å². The van der Waals surface area contributed by atoms with Gasteiger partial charge in [0.05, 0.1) is 18.2 Å². The molecule has 2 heterocycles. The molecule has 0 amide bonds. The highest BCUT2D eigenvalue weighted by atomic mass is 16.5. The van der Waals surface area contributed by atoms with E-state index >= 15 is 0 Å². The fourth-order valence-electron chi connectivity index (χ4n) is 2.66. The molecule has 1 fully saturated rings. The Bertz CT molecular complexity index is 899. The zero-order valence-corrected chi connectivity index (χ0v) is 12.2. The van der Waals surface area contributed by atoms with Crippen LogP contribution >= 0.6 is 0 Å². The zero-order chi connectivity index (χ0) is 15.1. The third kappa shape index (κ3) is 2.06. The van der Waals surface area contributed by atoms with Crippen LogP contribution in [0.25, 0.3) is 16.7 Å². The van der Waals surface area contributed by atoms with Gasteiger partial charge in [-0.2, -0.15) is 4.98 Å². The Labute approximate surface area is 127 Å². The summed E-state index contributed by atoms with van der Waals surface area (Å²) < 4.78 is 6.80. The Morgan fingerprint density at radius 3 is 2.55 bits per heavy atom. The number of hydrogen-bond donors (Lipinski definition) is 0. The minimum atomic E-state index is -0.379. The molecule has 5 nitrogen and oxygen atoms in total. The fraction of sp³-hybridized carbons (Fsp3) is 0.235. The number of rotatable bonds is 3. The van der Waals surface area contributed by atoms with Gasteiger partial charge < -0.3 is 4.74 Å². The Hall–Kier alpha value is -2.69. The van der Waals surface area contributed by atoms with Crippen LogP contribution in [0.1, 0.15) is 24.5 Å². The molecule has 22 heavy (non-hydrogen) atoms. The molecule has 0 spiro atoms. The molecule has 0 aliphatic heterocycles. The maximum atomic E-state index is 12.4. The number of pyridine rings is 1. The van der Waals surface area contributed by atoms with Crippen LogP contribution in [0.2, 0.25) is 0 Å². The van der Waals surface area contributed by atoms with Crippen LogP contribution in [0.5, 0.6) is 5.88 Å². The summed E-state index contributed by atoms with van der Waals surface area (Å²) in [5, 5.41) is 0.746. The third-order valence-corrected chi connectivity index (χ3v) is 3.93. The van der Waals surface area contributed by atoms with Gasteiger partial charge in [-0.05, 0) is 37.1 Å². The highest BCUT2D eigenvalue weighted by Crippen LogP contribution is 2.39. The van der Waals surface area contributed by atoms with E-state index in [1.807, 2.05) is 42.5 Å². The van der Waals surface area contributed by atoms with Crippen molar-refractivity contribution in [2.75, 3.05) is 7.11 Å². The first kappa shape index (κ1) is 13.0. The van der Waals surface area contributed by atoms with Crippen molar-refractivity contribution in [3.63, 3.8) is 0 Å². The van der Waals surface area contributed by atoms with Crippen molar-refractivity contribution in [2.24, 2.45) is 0 Å². The number of fused-ring (bicyclic) bond motifs is 1. The smallest absolute Gasteiger partial charge is 0.357 e. The summed E-state index contributed by atoms with van der Waals surface area (Å²) in [4.78, 5) is 21.2. The molecular formula is C17H15N3O2. The predicted octanol–water partition coefficient (Wildman–Crippen LogP) is 2.67. The Morgan fingerprint density at radius 1 is 1.09 bits per heavy atom. The van der Waals surface area contributed by atoms with Crippen LogP contribution in [-0.2, 0) is 0 Å². The summed E-state index contributed by atoms with van der Waals surface area (Å²) in [6.07, 6.45) is 2.33. The van der Waals surface area contributed by atoms with E-state index in [0.29, 0.717) is 17.4 Å². The average Bonchev–Trinajstić information content (AvgIpc) is 3.39. The molecule has 1 saturated carbocycles. The second kappa shape index (κ2) is 4.94. The molecule has 2 aromatic heterocycles. The van der Waals surface area contributed by atoms with Gasteiger partial charge in [0.25, 0.3) is 0 Å². The van der Waals surface area contributed by atoms with Crippen molar-refractivity contribution >= 4 is 11.0 Å². The lowest BCUT2D eigenvalue weighted by Gasteiger charge is -2.12. The van der Waals surface area contributed by atoms with E-state index in [2.05, 4.69) is 4.98 Å². The van der Waals surface area contributed by atoms with Crippen molar-refractivity contribution < 1.29 is 4.74 Å². The molecule has 0 N–H and O–H groups in total. The largest absolute Gasteiger partial charge is 0.480 e. The standard InChI is InChI=1S/C17H15N3O2/c1-22-16-13-9-10-14(11-7-8-11)18-15(13)20(17(21)19-16)12-5-3-2-4-6-12/h2-6,9-11H,7-8H2,1H3. The molecule has 0 bridgehead atoms. The molecular weight excluding hydrogens is 278 g/mol. The summed E-state index contributed by atoms with van der Waals surface area (Å²) in [5.41, 5.74) is 2.02. The zero-order valence-electron chi connectivity index (χ0n) is 12.2. The van der Waals surface area contributed by atoms with E-state index in [-0.39, 0.29) is 5.69 Å². The number of para-hydroxylation sites is 1. The first-order valence-electron chi connectivity index (χ1n) is 7.31. The van der Waals surface area contributed by atoms with Gasteiger partial charge in [-0.1, -0.05) is 18.2 Å². The van der Waals surface area contributed by atoms with E-state index in [4.69, 9.17) is 9.72 Å². The lowest BCUT2D eigenvalue weighted by Crippen LogP contribution is -2.23. The summed E-state index contributed by atoms with van der Waals surface area (Å²) in [6, 6.07) is 13.4.